The predicted octanol–water partition coefficient (Wildman–Crippen LogP) is 0.272. The molecule has 4 rings (SSSR count). The molecule has 2 atom stereocenters. The van der Waals surface area contributed by atoms with E-state index in [1.54, 1.807) is 0 Å². The van der Waals surface area contributed by atoms with Crippen molar-refractivity contribution >= 4 is 23.8 Å². The Morgan fingerprint density at radius 2 is 1.29 bits per heavy atom. The smallest absolute Gasteiger partial charge is 0.310 e. The van der Waals surface area contributed by atoms with Gasteiger partial charge in [-0.1, -0.05) is 32.6 Å². The minimum absolute atomic E-state index is 0.414. The Labute approximate surface area is 185 Å². The number of nitrogens with two attached hydrogens (primary N) is 2. The van der Waals surface area contributed by atoms with Gasteiger partial charge in [-0.2, -0.15) is 0 Å². The van der Waals surface area contributed by atoms with Gasteiger partial charge < -0.3 is 22.1 Å². The summed E-state index contributed by atoms with van der Waals surface area (Å²) in [4.78, 5) is 19.2. The second kappa shape index (κ2) is 8.74. The van der Waals surface area contributed by atoms with Crippen LogP contribution in [0.3, 0.4) is 0 Å². The van der Waals surface area contributed by atoms with Crippen LogP contribution in [-0.2, 0) is 0 Å². The lowest BCUT2D eigenvalue weighted by atomic mass is 9.93. The van der Waals surface area contributed by atoms with Crippen LogP contribution >= 0.6 is 0 Å². The van der Waals surface area contributed by atoms with Crippen LogP contribution < -0.4 is 22.1 Å². The van der Waals surface area contributed by atoms with Gasteiger partial charge in [0.15, 0.2) is 0 Å². The second-order valence-electron chi connectivity index (χ2n) is 9.19. The number of quaternary nitrogens is 2. The summed E-state index contributed by atoms with van der Waals surface area (Å²) in [6.07, 6.45) is 6.97. The first-order valence-electron chi connectivity index (χ1n) is 12.0. The Kier molecular flexibility index (Phi) is 6.20. The van der Waals surface area contributed by atoms with E-state index in [2.05, 4.69) is 24.5 Å². The lowest BCUT2D eigenvalue weighted by Gasteiger charge is -2.53. The van der Waals surface area contributed by atoms with E-state index in [1.807, 2.05) is 0 Å². The topological polar surface area (TPSA) is 126 Å². The molecule has 0 aromatic rings. The fourth-order valence-corrected chi connectivity index (χ4v) is 5.98. The first kappa shape index (κ1) is 22.0. The molecule has 4 heterocycles. The Bertz CT molecular complexity index is 744. The zero-order chi connectivity index (χ0) is 22.0. The summed E-state index contributed by atoms with van der Waals surface area (Å²) in [6, 6.07) is 0. The minimum atomic E-state index is -0.452. The third-order valence-electron chi connectivity index (χ3n) is 7.64. The van der Waals surface area contributed by atoms with Crippen molar-refractivity contribution in [3.63, 3.8) is 0 Å². The molecule has 0 bridgehead atoms. The molecule has 172 valence electrons. The maximum Gasteiger partial charge on any atom is 0.310 e. The molecule has 10 nitrogen and oxygen atoms in total. The van der Waals surface area contributed by atoms with E-state index in [0.29, 0.717) is 34.0 Å². The van der Waals surface area contributed by atoms with Crippen LogP contribution in [0.25, 0.3) is 0 Å². The van der Waals surface area contributed by atoms with Gasteiger partial charge in [0.2, 0.25) is 0 Å². The quantitative estimate of drug-likeness (QED) is 0.324. The summed E-state index contributed by atoms with van der Waals surface area (Å²) in [5, 5.41) is 7.09. The van der Waals surface area contributed by atoms with Crippen LogP contribution in [0.1, 0.15) is 52.4 Å². The molecule has 6 N–H and O–H groups in total. The van der Waals surface area contributed by atoms with Crippen LogP contribution in [0.2, 0.25) is 0 Å². The Hall–Kier alpha value is -2.20. The number of hydrogen-bond acceptors (Lipinski definition) is 8. The van der Waals surface area contributed by atoms with Crippen LogP contribution in [0.4, 0.5) is 0 Å². The molecule has 4 aliphatic rings. The fraction of sp³-hybridized carbons (Fsp3) is 0.810. The average molecular weight is 433 g/mol. The molecule has 0 saturated carbocycles. The largest absolute Gasteiger partial charge is 0.337 e. The van der Waals surface area contributed by atoms with Crippen LogP contribution in [0.15, 0.2) is 20.0 Å². The summed E-state index contributed by atoms with van der Waals surface area (Å²) in [7, 11) is 0. The van der Waals surface area contributed by atoms with Crippen molar-refractivity contribution in [1.29, 1.82) is 0 Å². The highest BCUT2D eigenvalue weighted by atomic mass is 15.7. The van der Waals surface area contributed by atoms with E-state index in [9.17, 15) is 0 Å². The molecule has 0 aromatic carbocycles. The van der Waals surface area contributed by atoms with Crippen molar-refractivity contribution in [2.45, 2.75) is 58.0 Å². The molecule has 0 aliphatic carbocycles. The highest BCUT2D eigenvalue weighted by Crippen LogP contribution is 2.43. The lowest BCUT2D eigenvalue weighted by molar-refractivity contribution is -1.01. The highest BCUT2D eigenvalue weighted by molar-refractivity contribution is 5.92. The van der Waals surface area contributed by atoms with Gasteiger partial charge in [0.25, 0.3) is 5.66 Å². The first-order valence-corrected chi connectivity index (χ1v) is 12.0. The Balaban J connectivity index is 1.83. The monoisotopic (exact) mass is 432 g/mol. The van der Waals surface area contributed by atoms with Crippen molar-refractivity contribution in [3.8, 4) is 0 Å². The lowest BCUT2D eigenvalue weighted by Crippen LogP contribution is -2.86. The number of nitrogens with one attached hydrogen (secondary N) is 2. The maximum absolute atomic E-state index is 6.75. The Morgan fingerprint density at radius 1 is 0.774 bits per heavy atom. The van der Waals surface area contributed by atoms with E-state index in [-0.39, 0.29) is 0 Å². The van der Waals surface area contributed by atoms with Crippen molar-refractivity contribution in [2.75, 3.05) is 52.4 Å². The number of guanidine groups is 4. The van der Waals surface area contributed by atoms with Crippen molar-refractivity contribution < 1.29 is 8.97 Å². The molecular weight excluding hydrogens is 392 g/mol. The van der Waals surface area contributed by atoms with Gasteiger partial charge in [-0.3, -0.25) is 0 Å². The van der Waals surface area contributed by atoms with Gasteiger partial charge in [0, 0.05) is 20.0 Å². The summed E-state index contributed by atoms with van der Waals surface area (Å²) in [5.41, 5.74) is 13.1. The average Bonchev–Trinajstić information content (AvgIpc) is 3.55. The maximum atomic E-state index is 6.75. The third kappa shape index (κ3) is 3.22. The van der Waals surface area contributed by atoms with E-state index >= 15 is 0 Å². The number of rotatable bonds is 8. The molecule has 0 fully saturated rings. The molecular formula is C21H40N10+2. The van der Waals surface area contributed by atoms with E-state index in [0.717, 1.165) is 64.0 Å². The van der Waals surface area contributed by atoms with Crippen LogP contribution in [-0.4, -0.2) is 90.8 Å². The van der Waals surface area contributed by atoms with E-state index in [1.165, 1.54) is 25.7 Å². The molecule has 0 saturated heterocycles. The highest BCUT2D eigenvalue weighted by Gasteiger charge is 2.72. The normalized spacial score (nSPS) is 32.1. The van der Waals surface area contributed by atoms with Crippen molar-refractivity contribution in [3.05, 3.63) is 0 Å². The Morgan fingerprint density at radius 3 is 1.68 bits per heavy atom. The minimum Gasteiger partial charge on any atom is -0.337 e. The van der Waals surface area contributed by atoms with Gasteiger partial charge in [0.05, 0.1) is 32.6 Å². The van der Waals surface area contributed by atoms with Crippen molar-refractivity contribution in [2.24, 2.45) is 31.4 Å². The molecule has 0 amide bonds. The zero-order valence-electron chi connectivity index (χ0n) is 19.2. The second-order valence-corrected chi connectivity index (χ2v) is 9.19. The predicted molar refractivity (Wildman–Crippen MR) is 126 cm³/mol. The summed E-state index contributed by atoms with van der Waals surface area (Å²) >= 11 is 0. The molecule has 10 heteroatoms. The zero-order valence-corrected chi connectivity index (χ0v) is 19.2. The van der Waals surface area contributed by atoms with Gasteiger partial charge in [-0.25, -0.2) is 20.0 Å². The van der Waals surface area contributed by atoms with Crippen molar-refractivity contribution in [1.82, 2.24) is 10.6 Å². The van der Waals surface area contributed by atoms with E-state index < -0.39 is 5.66 Å². The number of aliphatic imine (C=N–C) groups is 4. The number of hydrogen-bond donors (Lipinski definition) is 4. The fourth-order valence-electron chi connectivity index (χ4n) is 5.98. The van der Waals surface area contributed by atoms with Gasteiger partial charge in [-0.15, -0.1) is 8.97 Å². The first-order chi connectivity index (χ1) is 15.0. The molecule has 31 heavy (non-hydrogen) atoms. The molecule has 2 unspecified atom stereocenters. The third-order valence-corrected chi connectivity index (χ3v) is 7.64. The van der Waals surface area contributed by atoms with Gasteiger partial charge in [0.1, 0.15) is 13.1 Å². The van der Waals surface area contributed by atoms with Crippen LogP contribution in [0, 0.1) is 0 Å². The summed E-state index contributed by atoms with van der Waals surface area (Å²) < 4.78 is 0.829. The standard InChI is InChI=1S/C21H40N10/c1-3-4-5-6-7-8-21(2,30(15-13-24-17(30)22)19-26-9-10-27-19)31(16-14-25-18(31)23)20-28-11-12-29-20/h3-16H2,1-2H3,(H2,22,24)(H2,23,25)(H,26,27)(H,28,29)/q+2. The number of nitrogens with zero attached hydrogens (tertiary/aromatic N) is 6. The molecule has 4 aliphatic heterocycles. The summed E-state index contributed by atoms with van der Waals surface area (Å²) in [6.45, 7) is 10.7. The SMILES string of the molecule is CCCCCCCC(C)([N+]1(C2=NCCN2)CCN=C1N)[N+]1(C2=NCCN2)CCN=C1N. The molecule has 0 aromatic heterocycles. The summed E-state index contributed by atoms with van der Waals surface area (Å²) in [5.74, 6) is 3.09. The molecule has 0 radical (unpaired) electrons. The van der Waals surface area contributed by atoms with Gasteiger partial charge >= 0.3 is 23.8 Å². The van der Waals surface area contributed by atoms with Crippen LogP contribution in [0.5, 0.6) is 0 Å². The molecule has 0 spiro atoms. The van der Waals surface area contributed by atoms with E-state index in [4.69, 9.17) is 31.4 Å². The number of unbranched alkanes of at least 4 members (excludes halogenated alkanes) is 4. The van der Waals surface area contributed by atoms with Gasteiger partial charge in [-0.05, 0) is 6.42 Å².